The summed E-state index contributed by atoms with van der Waals surface area (Å²) in [7, 11) is -3.58. The van der Waals surface area contributed by atoms with Crippen LogP contribution in [0.3, 0.4) is 0 Å². The first-order valence-electron chi connectivity index (χ1n) is 7.98. The predicted octanol–water partition coefficient (Wildman–Crippen LogP) is 1.60. The summed E-state index contributed by atoms with van der Waals surface area (Å²) >= 11 is 0. The van der Waals surface area contributed by atoms with Crippen LogP contribution in [0.15, 0.2) is 35.4 Å². The number of Topliss-reactive ketones (excluding diaryl/α,β-unsaturated/α-hetero) is 1. The molecule has 2 aromatic rings. The van der Waals surface area contributed by atoms with Gasteiger partial charge in [-0.15, -0.1) is 5.10 Å². The molecule has 0 bridgehead atoms. The molecule has 8 heteroatoms. The van der Waals surface area contributed by atoms with Gasteiger partial charge < -0.3 is 0 Å². The average molecular weight is 346 g/mol. The average Bonchev–Trinajstić information content (AvgIpc) is 3.25. The van der Waals surface area contributed by atoms with Gasteiger partial charge in [-0.05, 0) is 31.9 Å². The first kappa shape index (κ1) is 15.5. The van der Waals surface area contributed by atoms with E-state index in [1.54, 1.807) is 16.8 Å². The van der Waals surface area contributed by atoms with E-state index in [0.717, 1.165) is 18.5 Å². The maximum atomic E-state index is 12.7. The second-order valence-corrected chi connectivity index (χ2v) is 8.40. The molecule has 1 aliphatic carbocycles. The Bertz CT molecular complexity index is 896. The molecule has 24 heavy (non-hydrogen) atoms. The SMILES string of the molecule is CC(=O)c1cccc(S(=O)(=O)N2CC(n3cc(C4CC4)nn3)C2)c1. The summed E-state index contributed by atoms with van der Waals surface area (Å²) in [6.45, 7) is 2.17. The Morgan fingerprint density at radius 2 is 2.00 bits per heavy atom. The Balaban J connectivity index is 1.48. The zero-order valence-electron chi connectivity index (χ0n) is 13.3. The van der Waals surface area contributed by atoms with Crippen molar-refractivity contribution in [2.45, 2.75) is 36.6 Å². The van der Waals surface area contributed by atoms with Gasteiger partial charge in [0.1, 0.15) is 0 Å². The molecular formula is C16H18N4O3S. The second kappa shape index (κ2) is 5.49. The van der Waals surface area contributed by atoms with Gasteiger partial charge in [-0.2, -0.15) is 4.31 Å². The van der Waals surface area contributed by atoms with E-state index in [-0.39, 0.29) is 16.7 Å². The van der Waals surface area contributed by atoms with Crippen LogP contribution < -0.4 is 0 Å². The number of sulfonamides is 1. The summed E-state index contributed by atoms with van der Waals surface area (Å²) < 4.78 is 28.5. The molecule has 2 fully saturated rings. The maximum Gasteiger partial charge on any atom is 0.243 e. The first-order chi connectivity index (χ1) is 11.4. The van der Waals surface area contributed by atoms with Crippen LogP contribution in [0.4, 0.5) is 0 Å². The summed E-state index contributed by atoms with van der Waals surface area (Å²) in [6.07, 6.45) is 4.26. The summed E-state index contributed by atoms with van der Waals surface area (Å²) in [5.41, 5.74) is 1.41. The third-order valence-corrected chi connectivity index (χ3v) is 6.43. The standard InChI is InChI=1S/C16H18N4O3S/c1-11(21)13-3-2-4-15(7-13)24(22,23)19-8-14(9-19)20-10-16(17-18-20)12-5-6-12/h2-4,7,10,12,14H,5-6,8-9H2,1H3. The molecule has 4 rings (SSSR count). The van der Waals surface area contributed by atoms with Crippen LogP contribution in [0.25, 0.3) is 0 Å². The molecule has 0 spiro atoms. The van der Waals surface area contributed by atoms with Crippen molar-refractivity contribution in [3.05, 3.63) is 41.7 Å². The van der Waals surface area contributed by atoms with E-state index in [9.17, 15) is 13.2 Å². The molecule has 7 nitrogen and oxygen atoms in total. The Kier molecular flexibility index (Phi) is 3.54. The van der Waals surface area contributed by atoms with Crippen LogP contribution in [0.1, 0.15) is 47.8 Å². The van der Waals surface area contributed by atoms with Crippen LogP contribution in [0.2, 0.25) is 0 Å². The van der Waals surface area contributed by atoms with Crippen molar-refractivity contribution in [1.29, 1.82) is 0 Å². The summed E-state index contributed by atoms with van der Waals surface area (Å²) in [5, 5.41) is 8.29. The lowest BCUT2D eigenvalue weighted by Crippen LogP contribution is -2.50. The highest BCUT2D eigenvalue weighted by atomic mass is 32.2. The van der Waals surface area contributed by atoms with E-state index in [0.29, 0.717) is 24.6 Å². The highest BCUT2D eigenvalue weighted by molar-refractivity contribution is 7.89. The Labute approximate surface area is 140 Å². The van der Waals surface area contributed by atoms with Crippen molar-refractivity contribution < 1.29 is 13.2 Å². The second-order valence-electron chi connectivity index (χ2n) is 6.46. The number of hydrogen-bond donors (Lipinski definition) is 0. The van der Waals surface area contributed by atoms with Gasteiger partial charge in [0.25, 0.3) is 0 Å². The number of ketones is 1. The summed E-state index contributed by atoms with van der Waals surface area (Å²) in [6, 6.07) is 6.20. The molecule has 1 aliphatic heterocycles. The Morgan fingerprint density at radius 3 is 2.67 bits per heavy atom. The number of benzene rings is 1. The van der Waals surface area contributed by atoms with Gasteiger partial charge in [0.2, 0.25) is 10.0 Å². The van der Waals surface area contributed by atoms with Gasteiger partial charge in [-0.3, -0.25) is 4.79 Å². The molecule has 1 aromatic heterocycles. The van der Waals surface area contributed by atoms with E-state index < -0.39 is 10.0 Å². The van der Waals surface area contributed by atoms with Gasteiger partial charge in [-0.25, -0.2) is 13.1 Å². The Morgan fingerprint density at radius 1 is 1.25 bits per heavy atom. The molecular weight excluding hydrogens is 328 g/mol. The third-order valence-electron chi connectivity index (χ3n) is 4.60. The minimum atomic E-state index is -3.58. The highest BCUT2D eigenvalue weighted by Gasteiger charge is 2.39. The van der Waals surface area contributed by atoms with Gasteiger partial charge in [0, 0.05) is 30.8 Å². The number of hydrogen-bond acceptors (Lipinski definition) is 5. The summed E-state index contributed by atoms with van der Waals surface area (Å²) in [5.74, 6) is 0.386. The van der Waals surface area contributed by atoms with E-state index in [1.807, 2.05) is 6.20 Å². The fourth-order valence-electron chi connectivity index (χ4n) is 2.84. The molecule has 0 radical (unpaired) electrons. The molecule has 1 saturated carbocycles. The van der Waals surface area contributed by atoms with Crippen LogP contribution in [-0.4, -0.2) is 46.6 Å². The predicted molar refractivity (Wildman–Crippen MR) is 86.2 cm³/mol. The van der Waals surface area contributed by atoms with Crippen molar-refractivity contribution >= 4 is 15.8 Å². The van der Waals surface area contributed by atoms with Gasteiger partial charge >= 0.3 is 0 Å². The van der Waals surface area contributed by atoms with Crippen LogP contribution in [0.5, 0.6) is 0 Å². The van der Waals surface area contributed by atoms with Crippen molar-refractivity contribution in [2.75, 3.05) is 13.1 Å². The van der Waals surface area contributed by atoms with E-state index in [2.05, 4.69) is 10.3 Å². The fraction of sp³-hybridized carbons (Fsp3) is 0.438. The normalized spacial score (nSPS) is 19.2. The molecule has 126 valence electrons. The fourth-order valence-corrected chi connectivity index (χ4v) is 4.40. The lowest BCUT2D eigenvalue weighted by molar-refractivity contribution is 0.101. The first-order valence-corrected chi connectivity index (χ1v) is 9.42. The molecule has 0 N–H and O–H groups in total. The number of carbonyl (C=O) groups excluding carboxylic acids is 1. The Hall–Kier alpha value is -2.06. The molecule has 2 heterocycles. The summed E-state index contributed by atoms with van der Waals surface area (Å²) in [4.78, 5) is 11.6. The van der Waals surface area contributed by atoms with E-state index in [1.165, 1.54) is 23.4 Å². The van der Waals surface area contributed by atoms with Gasteiger partial charge in [0.15, 0.2) is 5.78 Å². The van der Waals surface area contributed by atoms with Gasteiger partial charge in [0.05, 0.1) is 16.6 Å². The zero-order chi connectivity index (χ0) is 16.9. The maximum absolute atomic E-state index is 12.7. The monoisotopic (exact) mass is 346 g/mol. The quantitative estimate of drug-likeness (QED) is 0.768. The highest BCUT2D eigenvalue weighted by Crippen LogP contribution is 2.39. The minimum Gasteiger partial charge on any atom is -0.295 e. The van der Waals surface area contributed by atoms with E-state index >= 15 is 0 Å². The minimum absolute atomic E-state index is 0.0239. The molecule has 0 atom stereocenters. The van der Waals surface area contributed by atoms with Crippen LogP contribution >= 0.6 is 0 Å². The molecule has 0 amide bonds. The van der Waals surface area contributed by atoms with Crippen molar-refractivity contribution in [2.24, 2.45) is 0 Å². The number of aromatic nitrogens is 3. The number of carbonyl (C=O) groups is 1. The largest absolute Gasteiger partial charge is 0.295 e. The van der Waals surface area contributed by atoms with Crippen molar-refractivity contribution in [1.82, 2.24) is 19.3 Å². The third kappa shape index (κ3) is 2.65. The molecule has 2 aliphatic rings. The number of rotatable bonds is 5. The number of nitrogens with zero attached hydrogens (tertiary/aromatic N) is 4. The van der Waals surface area contributed by atoms with Crippen LogP contribution in [0, 0.1) is 0 Å². The van der Waals surface area contributed by atoms with Crippen molar-refractivity contribution in [3.63, 3.8) is 0 Å². The van der Waals surface area contributed by atoms with Crippen LogP contribution in [-0.2, 0) is 10.0 Å². The zero-order valence-corrected chi connectivity index (χ0v) is 14.1. The van der Waals surface area contributed by atoms with Gasteiger partial charge in [-0.1, -0.05) is 17.3 Å². The van der Waals surface area contributed by atoms with Crippen molar-refractivity contribution in [3.8, 4) is 0 Å². The van der Waals surface area contributed by atoms with E-state index in [4.69, 9.17) is 0 Å². The molecule has 1 aromatic carbocycles. The topological polar surface area (TPSA) is 85.2 Å². The molecule has 1 saturated heterocycles. The molecule has 0 unspecified atom stereocenters. The lowest BCUT2D eigenvalue weighted by atomic mass is 10.2. The smallest absolute Gasteiger partial charge is 0.243 e. The lowest BCUT2D eigenvalue weighted by Gasteiger charge is -2.37.